The van der Waals surface area contributed by atoms with E-state index in [0.29, 0.717) is 18.0 Å². The monoisotopic (exact) mass is 221 g/mol. The van der Waals surface area contributed by atoms with E-state index < -0.39 is 0 Å². The van der Waals surface area contributed by atoms with Crippen LogP contribution in [0, 0.1) is 11.7 Å². The van der Waals surface area contributed by atoms with Crippen molar-refractivity contribution < 1.29 is 9.18 Å². The molecule has 1 aromatic rings. The molecule has 3 heteroatoms. The zero-order valence-corrected chi connectivity index (χ0v) is 9.21. The molecule has 0 atom stereocenters. The first-order valence-electron chi connectivity index (χ1n) is 5.79. The highest BCUT2D eigenvalue weighted by Crippen LogP contribution is 2.27. The van der Waals surface area contributed by atoms with E-state index in [1.165, 1.54) is 25.0 Å². The third-order valence-corrected chi connectivity index (χ3v) is 3.08. The number of hydrogen-bond donors (Lipinski definition) is 1. The molecule has 0 aliphatic heterocycles. The summed E-state index contributed by atoms with van der Waals surface area (Å²) < 4.78 is 12.6. The van der Waals surface area contributed by atoms with E-state index in [4.69, 9.17) is 0 Å². The van der Waals surface area contributed by atoms with E-state index >= 15 is 0 Å². The van der Waals surface area contributed by atoms with E-state index in [9.17, 15) is 9.18 Å². The predicted molar refractivity (Wildman–Crippen MR) is 61.6 cm³/mol. The molecule has 86 valence electrons. The number of carbonyl (C=O) groups is 1. The molecule has 0 heterocycles. The van der Waals surface area contributed by atoms with Crippen molar-refractivity contribution in [2.75, 3.05) is 5.32 Å². The van der Waals surface area contributed by atoms with E-state index in [1.54, 1.807) is 12.1 Å². The Labute approximate surface area is 94.9 Å². The fourth-order valence-electron chi connectivity index (χ4n) is 2.22. The molecule has 0 spiro atoms. The van der Waals surface area contributed by atoms with Crippen molar-refractivity contribution in [3.05, 3.63) is 30.1 Å². The average Bonchev–Trinajstić information content (AvgIpc) is 2.74. The second kappa shape index (κ2) is 5.10. The molecule has 0 radical (unpaired) electrons. The molecule has 0 saturated heterocycles. The molecular weight excluding hydrogens is 205 g/mol. The number of carbonyl (C=O) groups excluding carboxylic acids is 1. The van der Waals surface area contributed by atoms with Crippen LogP contribution in [-0.2, 0) is 4.79 Å². The summed E-state index contributed by atoms with van der Waals surface area (Å²) in [6, 6.07) is 5.88. The van der Waals surface area contributed by atoms with Crippen molar-refractivity contribution in [2.45, 2.75) is 32.1 Å². The Morgan fingerprint density at radius 2 is 1.88 bits per heavy atom. The summed E-state index contributed by atoms with van der Waals surface area (Å²) >= 11 is 0. The van der Waals surface area contributed by atoms with E-state index in [1.807, 2.05) is 0 Å². The maximum absolute atomic E-state index is 12.6. The normalized spacial score (nSPS) is 16.3. The Kier molecular flexibility index (Phi) is 3.54. The molecule has 1 aliphatic rings. The number of benzene rings is 1. The molecule has 2 rings (SSSR count). The number of halogens is 1. The lowest BCUT2D eigenvalue weighted by Gasteiger charge is -2.09. The van der Waals surface area contributed by atoms with Gasteiger partial charge in [-0.3, -0.25) is 4.79 Å². The topological polar surface area (TPSA) is 29.1 Å². The SMILES string of the molecule is O=C(CC1CCCC1)Nc1ccc(F)cc1. The van der Waals surface area contributed by atoms with Crippen LogP contribution >= 0.6 is 0 Å². The second-order valence-electron chi connectivity index (χ2n) is 4.41. The standard InChI is InChI=1S/C13H16FNO/c14-11-5-7-12(8-6-11)15-13(16)9-10-3-1-2-4-10/h5-8,10H,1-4,9H2,(H,15,16). The molecule has 1 aromatic carbocycles. The van der Waals surface area contributed by atoms with Crippen molar-refractivity contribution >= 4 is 11.6 Å². The van der Waals surface area contributed by atoms with Crippen molar-refractivity contribution in [3.63, 3.8) is 0 Å². The van der Waals surface area contributed by atoms with E-state index in [2.05, 4.69) is 5.32 Å². The minimum atomic E-state index is -0.284. The highest BCUT2D eigenvalue weighted by Gasteiger charge is 2.18. The van der Waals surface area contributed by atoms with Gasteiger partial charge in [0.15, 0.2) is 0 Å². The van der Waals surface area contributed by atoms with Gasteiger partial charge in [-0.1, -0.05) is 12.8 Å². The molecule has 1 saturated carbocycles. The lowest BCUT2D eigenvalue weighted by Crippen LogP contribution is -2.14. The van der Waals surface area contributed by atoms with Gasteiger partial charge in [0.1, 0.15) is 5.82 Å². The highest BCUT2D eigenvalue weighted by atomic mass is 19.1. The average molecular weight is 221 g/mol. The van der Waals surface area contributed by atoms with E-state index in [0.717, 1.165) is 12.8 Å². The van der Waals surface area contributed by atoms with Gasteiger partial charge in [0.05, 0.1) is 0 Å². The second-order valence-corrected chi connectivity index (χ2v) is 4.41. The first kappa shape index (κ1) is 11.1. The molecule has 1 amide bonds. The van der Waals surface area contributed by atoms with Crippen LogP contribution in [0.1, 0.15) is 32.1 Å². The van der Waals surface area contributed by atoms with Crippen LogP contribution in [-0.4, -0.2) is 5.91 Å². The van der Waals surface area contributed by atoms with Gasteiger partial charge in [0.2, 0.25) is 5.91 Å². The summed E-state index contributed by atoms with van der Waals surface area (Å²) in [6.45, 7) is 0. The van der Waals surface area contributed by atoms with Crippen LogP contribution < -0.4 is 5.32 Å². The van der Waals surface area contributed by atoms with Crippen LogP contribution in [0.4, 0.5) is 10.1 Å². The first-order valence-corrected chi connectivity index (χ1v) is 5.79. The summed E-state index contributed by atoms with van der Waals surface area (Å²) in [5.74, 6) is 0.299. The van der Waals surface area contributed by atoms with E-state index in [-0.39, 0.29) is 11.7 Å². The fourth-order valence-corrected chi connectivity index (χ4v) is 2.22. The summed E-state index contributed by atoms with van der Waals surface area (Å²) in [6.07, 6.45) is 5.41. The Morgan fingerprint density at radius 1 is 1.25 bits per heavy atom. The zero-order valence-electron chi connectivity index (χ0n) is 9.21. The van der Waals surface area contributed by atoms with Crippen LogP contribution in [0.5, 0.6) is 0 Å². The summed E-state index contributed by atoms with van der Waals surface area (Å²) in [4.78, 5) is 11.6. The van der Waals surface area contributed by atoms with Crippen LogP contribution in [0.25, 0.3) is 0 Å². The molecule has 1 N–H and O–H groups in total. The Bertz CT molecular complexity index is 355. The Balaban J connectivity index is 1.84. The number of nitrogens with one attached hydrogen (secondary N) is 1. The highest BCUT2D eigenvalue weighted by molar-refractivity contribution is 5.90. The lowest BCUT2D eigenvalue weighted by molar-refractivity contribution is -0.117. The number of rotatable bonds is 3. The molecule has 1 fully saturated rings. The third kappa shape index (κ3) is 3.05. The molecule has 16 heavy (non-hydrogen) atoms. The molecule has 0 bridgehead atoms. The molecule has 1 aliphatic carbocycles. The van der Waals surface area contributed by atoms with Crippen LogP contribution in [0.3, 0.4) is 0 Å². The largest absolute Gasteiger partial charge is 0.326 e. The zero-order chi connectivity index (χ0) is 11.4. The Hall–Kier alpha value is -1.38. The van der Waals surface area contributed by atoms with Gasteiger partial charge in [-0.25, -0.2) is 4.39 Å². The van der Waals surface area contributed by atoms with Crippen molar-refractivity contribution in [2.24, 2.45) is 5.92 Å². The van der Waals surface area contributed by atoms with Crippen molar-refractivity contribution in [3.8, 4) is 0 Å². The minimum Gasteiger partial charge on any atom is -0.326 e. The minimum absolute atomic E-state index is 0.0403. The van der Waals surface area contributed by atoms with Gasteiger partial charge in [0, 0.05) is 12.1 Å². The molecule has 0 aromatic heterocycles. The van der Waals surface area contributed by atoms with Gasteiger partial charge in [-0.15, -0.1) is 0 Å². The van der Waals surface area contributed by atoms with Crippen LogP contribution in [0.2, 0.25) is 0 Å². The van der Waals surface area contributed by atoms with Crippen molar-refractivity contribution in [1.29, 1.82) is 0 Å². The van der Waals surface area contributed by atoms with Gasteiger partial charge in [-0.2, -0.15) is 0 Å². The maximum Gasteiger partial charge on any atom is 0.224 e. The van der Waals surface area contributed by atoms with Gasteiger partial charge in [-0.05, 0) is 43.0 Å². The maximum atomic E-state index is 12.6. The number of amides is 1. The number of anilines is 1. The molecule has 0 unspecified atom stereocenters. The number of hydrogen-bond acceptors (Lipinski definition) is 1. The predicted octanol–water partition coefficient (Wildman–Crippen LogP) is 3.34. The van der Waals surface area contributed by atoms with Gasteiger partial charge >= 0.3 is 0 Å². The molecule has 2 nitrogen and oxygen atoms in total. The first-order chi connectivity index (χ1) is 7.74. The molecular formula is C13H16FNO. The summed E-state index contributed by atoms with van der Waals surface area (Å²) in [5, 5.41) is 2.79. The fraction of sp³-hybridized carbons (Fsp3) is 0.462. The summed E-state index contributed by atoms with van der Waals surface area (Å²) in [7, 11) is 0. The summed E-state index contributed by atoms with van der Waals surface area (Å²) in [5.41, 5.74) is 0.671. The van der Waals surface area contributed by atoms with Gasteiger partial charge in [0.25, 0.3) is 0 Å². The van der Waals surface area contributed by atoms with Crippen LogP contribution in [0.15, 0.2) is 24.3 Å². The third-order valence-electron chi connectivity index (χ3n) is 3.08. The smallest absolute Gasteiger partial charge is 0.224 e. The lowest BCUT2D eigenvalue weighted by atomic mass is 10.0. The Morgan fingerprint density at radius 3 is 2.50 bits per heavy atom. The van der Waals surface area contributed by atoms with Crippen molar-refractivity contribution in [1.82, 2.24) is 0 Å². The van der Waals surface area contributed by atoms with Gasteiger partial charge < -0.3 is 5.32 Å². The quantitative estimate of drug-likeness (QED) is 0.833.